The maximum Gasteiger partial charge on any atom is 0.243 e. The van der Waals surface area contributed by atoms with Gasteiger partial charge >= 0.3 is 0 Å². The Morgan fingerprint density at radius 1 is 0.857 bits per heavy atom. The zero-order chi connectivity index (χ0) is 24.2. The van der Waals surface area contributed by atoms with E-state index >= 15 is 0 Å². The minimum atomic E-state index is -3.77. The molecule has 0 radical (unpaired) electrons. The molecule has 0 saturated carbocycles. The molecule has 5 aromatic rings. The van der Waals surface area contributed by atoms with Gasteiger partial charge in [-0.1, -0.05) is 42.5 Å². The molecule has 1 atom stereocenters. The zero-order valence-electron chi connectivity index (χ0n) is 18.5. The van der Waals surface area contributed by atoms with Crippen LogP contribution in [-0.4, -0.2) is 24.3 Å². The van der Waals surface area contributed by atoms with E-state index in [-0.39, 0.29) is 4.90 Å². The van der Waals surface area contributed by atoms with Gasteiger partial charge in [-0.2, -0.15) is 4.31 Å². The molecule has 1 aromatic heterocycles. The first-order valence-electron chi connectivity index (χ1n) is 11.3. The van der Waals surface area contributed by atoms with Crippen molar-refractivity contribution in [1.29, 1.82) is 0 Å². The van der Waals surface area contributed by atoms with Crippen LogP contribution >= 0.6 is 0 Å². The van der Waals surface area contributed by atoms with Crippen LogP contribution < -0.4 is 0 Å². The summed E-state index contributed by atoms with van der Waals surface area (Å²) in [5.41, 5.74) is 2.19. The number of sulfonamides is 1. The fraction of sp³-hybridized carbons (Fsp3) is 0.148. The molecule has 0 amide bonds. The molecule has 8 heteroatoms. The van der Waals surface area contributed by atoms with Gasteiger partial charge in [0.05, 0.1) is 4.90 Å². The molecular weight excluding hydrogens is 470 g/mol. The SMILES string of the molecule is O=S(=O)(c1ccc2ccccc2c1)N1CCC[C@@H]1c1nc2cc(-c3ccc(F)c(F)c3)ccc2o1. The van der Waals surface area contributed by atoms with E-state index in [1.165, 1.54) is 10.4 Å². The number of benzene rings is 4. The van der Waals surface area contributed by atoms with Crippen molar-refractivity contribution >= 4 is 31.9 Å². The van der Waals surface area contributed by atoms with Crippen LogP contribution in [0.3, 0.4) is 0 Å². The van der Waals surface area contributed by atoms with Crippen LogP contribution in [0.4, 0.5) is 8.78 Å². The number of hydrogen-bond acceptors (Lipinski definition) is 4. The fourth-order valence-corrected chi connectivity index (χ4v) is 6.37. The van der Waals surface area contributed by atoms with E-state index in [9.17, 15) is 17.2 Å². The predicted molar refractivity (Wildman–Crippen MR) is 129 cm³/mol. The Labute approximate surface area is 200 Å². The number of aromatic nitrogens is 1. The molecule has 1 aliphatic heterocycles. The molecule has 0 aliphatic carbocycles. The van der Waals surface area contributed by atoms with Crippen LogP contribution in [-0.2, 0) is 10.0 Å². The Morgan fingerprint density at radius 2 is 1.63 bits per heavy atom. The molecule has 6 rings (SSSR count). The van der Waals surface area contributed by atoms with E-state index in [1.54, 1.807) is 30.3 Å². The minimum absolute atomic E-state index is 0.236. The Morgan fingerprint density at radius 3 is 2.46 bits per heavy atom. The minimum Gasteiger partial charge on any atom is -0.439 e. The van der Waals surface area contributed by atoms with E-state index < -0.39 is 27.7 Å². The van der Waals surface area contributed by atoms with Crippen LogP contribution in [0.2, 0.25) is 0 Å². The van der Waals surface area contributed by atoms with Crippen molar-refractivity contribution in [2.75, 3.05) is 6.54 Å². The van der Waals surface area contributed by atoms with Crippen molar-refractivity contribution in [3.8, 4) is 11.1 Å². The summed E-state index contributed by atoms with van der Waals surface area (Å²) in [6.45, 7) is 0.374. The summed E-state index contributed by atoms with van der Waals surface area (Å²) < 4.78 is 61.6. The van der Waals surface area contributed by atoms with Gasteiger partial charge in [-0.05, 0) is 71.1 Å². The van der Waals surface area contributed by atoms with Gasteiger partial charge < -0.3 is 4.42 Å². The second-order valence-corrected chi connectivity index (χ2v) is 10.5. The molecule has 1 aliphatic rings. The average Bonchev–Trinajstić information content (AvgIpc) is 3.52. The number of oxazole rings is 1. The van der Waals surface area contributed by atoms with E-state index in [1.807, 2.05) is 30.3 Å². The first kappa shape index (κ1) is 21.9. The van der Waals surface area contributed by atoms with Gasteiger partial charge in [0.1, 0.15) is 11.6 Å². The molecule has 1 fully saturated rings. The lowest BCUT2D eigenvalue weighted by molar-refractivity contribution is 0.337. The summed E-state index contributed by atoms with van der Waals surface area (Å²) in [5.74, 6) is -1.51. The molecule has 0 bridgehead atoms. The molecule has 5 nitrogen and oxygen atoms in total. The Bertz CT molecular complexity index is 1700. The largest absolute Gasteiger partial charge is 0.439 e. The van der Waals surface area contributed by atoms with Crippen molar-refractivity contribution in [3.05, 3.63) is 96.4 Å². The number of rotatable bonds is 4. The summed E-state index contributed by atoms with van der Waals surface area (Å²) in [4.78, 5) is 4.82. The molecule has 2 heterocycles. The van der Waals surface area contributed by atoms with Gasteiger partial charge in [-0.15, -0.1) is 0 Å². The Balaban J connectivity index is 1.35. The summed E-state index contributed by atoms with van der Waals surface area (Å²) in [5, 5.41) is 1.83. The first-order chi connectivity index (χ1) is 16.9. The van der Waals surface area contributed by atoms with Crippen LogP contribution in [0, 0.1) is 11.6 Å². The van der Waals surface area contributed by atoms with Crippen LogP contribution in [0.5, 0.6) is 0 Å². The third kappa shape index (κ3) is 3.79. The third-order valence-electron chi connectivity index (χ3n) is 6.47. The molecule has 0 spiro atoms. The van der Waals surface area contributed by atoms with E-state index in [0.29, 0.717) is 47.5 Å². The zero-order valence-corrected chi connectivity index (χ0v) is 19.3. The Kier molecular flexibility index (Phi) is 5.16. The van der Waals surface area contributed by atoms with Crippen molar-refractivity contribution in [2.24, 2.45) is 0 Å². The quantitative estimate of drug-likeness (QED) is 0.290. The monoisotopic (exact) mass is 490 g/mol. The maximum absolute atomic E-state index is 13.7. The highest BCUT2D eigenvalue weighted by atomic mass is 32.2. The van der Waals surface area contributed by atoms with E-state index in [0.717, 1.165) is 22.9 Å². The van der Waals surface area contributed by atoms with Gasteiger partial charge in [-0.25, -0.2) is 22.2 Å². The summed E-state index contributed by atoms with van der Waals surface area (Å²) in [6, 6.07) is 21.1. The maximum atomic E-state index is 13.7. The molecule has 35 heavy (non-hydrogen) atoms. The standard InChI is InChI=1S/C27H20F2N2O3S/c28-22-11-8-19(15-23(22)29)20-9-12-26-24(16-20)30-27(34-26)25-6-3-13-31(25)35(32,33)21-10-7-17-4-1-2-5-18(17)14-21/h1-2,4-5,7-12,14-16,25H,3,6,13H2/t25-/m1/s1. The van der Waals surface area contributed by atoms with Gasteiger partial charge in [0.15, 0.2) is 17.2 Å². The molecule has 0 unspecified atom stereocenters. The molecule has 176 valence electrons. The summed E-state index contributed by atoms with van der Waals surface area (Å²) >= 11 is 0. The van der Waals surface area contributed by atoms with Gasteiger partial charge in [0, 0.05) is 6.54 Å². The molecule has 4 aromatic carbocycles. The number of halogens is 2. The van der Waals surface area contributed by atoms with Crippen molar-refractivity contribution in [2.45, 2.75) is 23.8 Å². The van der Waals surface area contributed by atoms with E-state index in [2.05, 4.69) is 4.98 Å². The second-order valence-electron chi connectivity index (χ2n) is 8.65. The highest BCUT2D eigenvalue weighted by molar-refractivity contribution is 7.89. The van der Waals surface area contributed by atoms with Gasteiger partial charge in [-0.3, -0.25) is 0 Å². The molecule has 0 N–H and O–H groups in total. The smallest absolute Gasteiger partial charge is 0.243 e. The fourth-order valence-electron chi connectivity index (χ4n) is 4.68. The average molecular weight is 491 g/mol. The number of fused-ring (bicyclic) bond motifs is 2. The van der Waals surface area contributed by atoms with E-state index in [4.69, 9.17) is 4.42 Å². The normalized spacial score (nSPS) is 16.9. The lowest BCUT2D eigenvalue weighted by atomic mass is 10.1. The van der Waals surface area contributed by atoms with Crippen molar-refractivity contribution < 1.29 is 21.6 Å². The lowest BCUT2D eigenvalue weighted by Crippen LogP contribution is -2.30. The van der Waals surface area contributed by atoms with Crippen molar-refractivity contribution in [1.82, 2.24) is 9.29 Å². The van der Waals surface area contributed by atoms with Crippen LogP contribution in [0.1, 0.15) is 24.8 Å². The number of hydrogen-bond donors (Lipinski definition) is 0. The summed E-state index contributed by atoms with van der Waals surface area (Å²) in [6.07, 6.45) is 1.28. The lowest BCUT2D eigenvalue weighted by Gasteiger charge is -2.22. The second kappa shape index (κ2) is 8.25. The molecular formula is C27H20F2N2O3S. The first-order valence-corrected chi connectivity index (χ1v) is 12.7. The predicted octanol–water partition coefficient (Wildman–Crippen LogP) is 6.45. The van der Waals surface area contributed by atoms with Crippen molar-refractivity contribution in [3.63, 3.8) is 0 Å². The van der Waals surface area contributed by atoms with Gasteiger partial charge in [0.2, 0.25) is 15.9 Å². The highest BCUT2D eigenvalue weighted by Gasteiger charge is 2.39. The topological polar surface area (TPSA) is 63.4 Å². The van der Waals surface area contributed by atoms with Crippen LogP contribution in [0.25, 0.3) is 33.0 Å². The highest BCUT2D eigenvalue weighted by Crippen LogP contribution is 2.38. The third-order valence-corrected chi connectivity index (χ3v) is 8.38. The number of nitrogens with zero attached hydrogens (tertiary/aromatic N) is 2. The molecule has 1 saturated heterocycles. The van der Waals surface area contributed by atoms with Gasteiger partial charge in [0.25, 0.3) is 0 Å². The Hall–Kier alpha value is -3.62. The van der Waals surface area contributed by atoms with Crippen LogP contribution in [0.15, 0.2) is 88.2 Å². The summed E-state index contributed by atoms with van der Waals surface area (Å²) in [7, 11) is -3.77.